The fraction of sp³-hybridized carbons (Fsp3) is 0.545. The summed E-state index contributed by atoms with van der Waals surface area (Å²) in [5.74, 6) is 0.648. The third kappa shape index (κ3) is 3.56. The highest BCUT2D eigenvalue weighted by Crippen LogP contribution is 2.19. The largest absolute Gasteiger partial charge is 0.361 e. The quantitative estimate of drug-likeness (QED) is 0.813. The number of amides is 1. The van der Waals surface area contributed by atoms with Gasteiger partial charge in [0.1, 0.15) is 17.3 Å². The van der Waals surface area contributed by atoms with Crippen LogP contribution in [0.15, 0.2) is 6.33 Å². The number of nitrogens with zero attached hydrogens (tertiary/aromatic N) is 3. The van der Waals surface area contributed by atoms with Gasteiger partial charge in [0.2, 0.25) is 5.91 Å². The van der Waals surface area contributed by atoms with Crippen LogP contribution in [0.25, 0.3) is 0 Å². The molecule has 0 aliphatic carbocycles. The number of rotatable bonds is 5. The topological polar surface area (TPSA) is 58.1 Å². The highest BCUT2D eigenvalue weighted by Gasteiger charge is 2.10. The van der Waals surface area contributed by atoms with E-state index in [1.54, 1.807) is 11.9 Å². The molecule has 0 spiro atoms. The Kier molecular flexibility index (Phi) is 5.15. The van der Waals surface area contributed by atoms with Crippen LogP contribution in [0.5, 0.6) is 0 Å². The number of aromatic nitrogens is 2. The molecule has 5 nitrogen and oxygen atoms in total. The minimum Gasteiger partial charge on any atom is -0.361 e. The monoisotopic (exact) mass is 256 g/mol. The Bertz CT molecular complexity index is 397. The summed E-state index contributed by atoms with van der Waals surface area (Å²) in [6, 6.07) is 0. The minimum atomic E-state index is 0.0179. The third-order valence-electron chi connectivity index (χ3n) is 2.55. The molecule has 1 N–H and O–H groups in total. The molecular formula is C11H17ClN4O. The number of nitrogens with one attached hydrogen (secondary N) is 1. The van der Waals surface area contributed by atoms with E-state index in [0.29, 0.717) is 17.5 Å². The standard InChI is InChI=1S/C11H17ClN4O/c1-4-8-10(12)14-7-15-11(8)13-6-9(17)16(3)5-2/h7H,4-6H2,1-3H3,(H,13,14,15). The fourth-order valence-corrected chi connectivity index (χ4v) is 1.59. The van der Waals surface area contributed by atoms with E-state index >= 15 is 0 Å². The van der Waals surface area contributed by atoms with Gasteiger partial charge in [0.05, 0.1) is 6.54 Å². The van der Waals surface area contributed by atoms with Gasteiger partial charge in [0.15, 0.2) is 0 Å². The zero-order chi connectivity index (χ0) is 12.8. The number of hydrogen-bond acceptors (Lipinski definition) is 4. The zero-order valence-corrected chi connectivity index (χ0v) is 11.1. The number of carbonyl (C=O) groups excluding carboxylic acids is 1. The van der Waals surface area contributed by atoms with Crippen LogP contribution in [0.1, 0.15) is 19.4 Å². The van der Waals surface area contributed by atoms with Crippen LogP contribution in [-0.4, -0.2) is 40.9 Å². The second-order valence-electron chi connectivity index (χ2n) is 3.61. The molecule has 1 amide bonds. The molecule has 0 radical (unpaired) electrons. The van der Waals surface area contributed by atoms with Crippen LogP contribution in [0.3, 0.4) is 0 Å². The summed E-state index contributed by atoms with van der Waals surface area (Å²) < 4.78 is 0. The van der Waals surface area contributed by atoms with E-state index < -0.39 is 0 Å². The number of carbonyl (C=O) groups is 1. The van der Waals surface area contributed by atoms with Gasteiger partial charge in [-0.05, 0) is 13.3 Å². The van der Waals surface area contributed by atoms with E-state index in [4.69, 9.17) is 11.6 Å². The van der Waals surface area contributed by atoms with Crippen molar-refractivity contribution in [3.63, 3.8) is 0 Å². The Hall–Kier alpha value is -1.36. The maximum atomic E-state index is 11.6. The first-order chi connectivity index (χ1) is 8.10. The Morgan fingerprint density at radius 2 is 2.18 bits per heavy atom. The van der Waals surface area contributed by atoms with E-state index in [9.17, 15) is 4.79 Å². The summed E-state index contributed by atoms with van der Waals surface area (Å²) >= 11 is 5.95. The second kappa shape index (κ2) is 6.39. The highest BCUT2D eigenvalue weighted by atomic mass is 35.5. The Morgan fingerprint density at radius 3 is 2.76 bits per heavy atom. The SMILES string of the molecule is CCc1c(Cl)ncnc1NCC(=O)N(C)CC. The van der Waals surface area contributed by atoms with E-state index in [2.05, 4.69) is 15.3 Å². The molecular weight excluding hydrogens is 240 g/mol. The zero-order valence-electron chi connectivity index (χ0n) is 10.3. The van der Waals surface area contributed by atoms with Crippen molar-refractivity contribution in [1.82, 2.24) is 14.9 Å². The Morgan fingerprint density at radius 1 is 1.47 bits per heavy atom. The van der Waals surface area contributed by atoms with E-state index in [-0.39, 0.29) is 12.5 Å². The molecule has 1 aromatic heterocycles. The first kappa shape index (κ1) is 13.7. The molecule has 0 atom stereocenters. The van der Waals surface area contributed by atoms with Crippen molar-refractivity contribution in [2.45, 2.75) is 20.3 Å². The van der Waals surface area contributed by atoms with Crippen molar-refractivity contribution in [1.29, 1.82) is 0 Å². The van der Waals surface area contributed by atoms with Gasteiger partial charge in [-0.1, -0.05) is 18.5 Å². The molecule has 0 aliphatic heterocycles. The smallest absolute Gasteiger partial charge is 0.241 e. The lowest BCUT2D eigenvalue weighted by atomic mass is 10.2. The van der Waals surface area contributed by atoms with Gasteiger partial charge in [0, 0.05) is 19.2 Å². The van der Waals surface area contributed by atoms with Crippen LogP contribution in [0, 0.1) is 0 Å². The van der Waals surface area contributed by atoms with Crippen molar-refractivity contribution in [2.75, 3.05) is 25.5 Å². The summed E-state index contributed by atoms with van der Waals surface area (Å²) in [6.45, 7) is 4.79. The minimum absolute atomic E-state index is 0.0179. The second-order valence-corrected chi connectivity index (χ2v) is 3.96. The summed E-state index contributed by atoms with van der Waals surface area (Å²) in [7, 11) is 1.76. The van der Waals surface area contributed by atoms with Crippen LogP contribution in [-0.2, 0) is 11.2 Å². The lowest BCUT2D eigenvalue weighted by Crippen LogP contribution is -2.32. The number of anilines is 1. The molecule has 0 saturated heterocycles. The molecule has 6 heteroatoms. The summed E-state index contributed by atoms with van der Waals surface area (Å²) in [5, 5.41) is 3.42. The van der Waals surface area contributed by atoms with Crippen molar-refractivity contribution >= 4 is 23.3 Å². The van der Waals surface area contributed by atoms with Gasteiger partial charge in [-0.25, -0.2) is 9.97 Å². The average Bonchev–Trinajstić information content (AvgIpc) is 2.34. The molecule has 0 aliphatic rings. The number of halogens is 1. The molecule has 0 fully saturated rings. The van der Waals surface area contributed by atoms with Crippen molar-refractivity contribution in [3.8, 4) is 0 Å². The van der Waals surface area contributed by atoms with Crippen molar-refractivity contribution < 1.29 is 4.79 Å². The predicted octanol–water partition coefficient (Wildman–Crippen LogP) is 1.58. The van der Waals surface area contributed by atoms with Gasteiger partial charge in [-0.2, -0.15) is 0 Å². The van der Waals surface area contributed by atoms with Gasteiger partial charge >= 0.3 is 0 Å². The van der Waals surface area contributed by atoms with Gasteiger partial charge in [-0.3, -0.25) is 4.79 Å². The van der Waals surface area contributed by atoms with Gasteiger partial charge < -0.3 is 10.2 Å². The average molecular weight is 257 g/mol. The summed E-state index contributed by atoms with van der Waals surface area (Å²) in [4.78, 5) is 21.3. The van der Waals surface area contributed by atoms with Crippen molar-refractivity contribution in [3.05, 3.63) is 17.0 Å². The first-order valence-corrected chi connectivity index (χ1v) is 5.95. The molecule has 1 heterocycles. The predicted molar refractivity (Wildman–Crippen MR) is 68.2 cm³/mol. The molecule has 1 aromatic rings. The maximum Gasteiger partial charge on any atom is 0.241 e. The van der Waals surface area contributed by atoms with Crippen LogP contribution >= 0.6 is 11.6 Å². The van der Waals surface area contributed by atoms with E-state index in [1.165, 1.54) is 6.33 Å². The molecule has 94 valence electrons. The molecule has 1 rings (SSSR count). The van der Waals surface area contributed by atoms with Crippen LogP contribution in [0.4, 0.5) is 5.82 Å². The summed E-state index contributed by atoms with van der Waals surface area (Å²) in [5.41, 5.74) is 0.834. The lowest BCUT2D eigenvalue weighted by molar-refractivity contribution is -0.127. The van der Waals surface area contributed by atoms with Crippen molar-refractivity contribution in [2.24, 2.45) is 0 Å². The highest BCUT2D eigenvalue weighted by molar-refractivity contribution is 6.30. The van der Waals surface area contributed by atoms with E-state index in [0.717, 1.165) is 12.0 Å². The maximum absolute atomic E-state index is 11.6. The molecule has 0 aromatic carbocycles. The normalized spacial score (nSPS) is 10.1. The van der Waals surface area contributed by atoms with E-state index in [1.807, 2.05) is 13.8 Å². The van der Waals surface area contributed by atoms with Crippen LogP contribution in [0.2, 0.25) is 5.15 Å². The van der Waals surface area contributed by atoms with Crippen LogP contribution < -0.4 is 5.32 Å². The molecule has 17 heavy (non-hydrogen) atoms. The first-order valence-electron chi connectivity index (χ1n) is 5.57. The number of hydrogen-bond donors (Lipinski definition) is 1. The lowest BCUT2D eigenvalue weighted by Gasteiger charge is -2.16. The fourth-order valence-electron chi connectivity index (χ4n) is 1.33. The van der Waals surface area contributed by atoms with Gasteiger partial charge in [0.25, 0.3) is 0 Å². The van der Waals surface area contributed by atoms with Gasteiger partial charge in [-0.15, -0.1) is 0 Å². The third-order valence-corrected chi connectivity index (χ3v) is 2.88. The summed E-state index contributed by atoms with van der Waals surface area (Å²) in [6.07, 6.45) is 2.11. The molecule has 0 bridgehead atoms. The number of likely N-dealkylation sites (N-methyl/N-ethyl adjacent to an activating group) is 1. The Labute approximate surface area is 106 Å². The molecule has 0 saturated carbocycles. The Balaban J connectivity index is 2.69. The molecule has 0 unspecified atom stereocenters.